The maximum absolute atomic E-state index is 13.4. The Kier molecular flexibility index (Phi) is 6.04. The van der Waals surface area contributed by atoms with Crippen molar-refractivity contribution in [3.05, 3.63) is 74.9 Å². The number of sulfonamides is 1. The molecule has 0 fully saturated rings. The van der Waals surface area contributed by atoms with Gasteiger partial charge in [0.15, 0.2) is 0 Å². The summed E-state index contributed by atoms with van der Waals surface area (Å²) < 4.78 is 30.5. The lowest BCUT2D eigenvalue weighted by Crippen LogP contribution is -2.37. The van der Waals surface area contributed by atoms with Gasteiger partial charge in [-0.05, 0) is 30.2 Å². The normalized spacial score (nSPS) is 12.0. The molecule has 0 bridgehead atoms. The molecular formula is C21H25N3O4S. The van der Waals surface area contributed by atoms with Crippen molar-refractivity contribution in [3.8, 4) is 0 Å². The Morgan fingerprint density at radius 1 is 0.966 bits per heavy atom. The van der Waals surface area contributed by atoms with Gasteiger partial charge in [0.1, 0.15) is 0 Å². The summed E-state index contributed by atoms with van der Waals surface area (Å²) in [6.07, 6.45) is 1.59. The highest BCUT2D eigenvalue weighted by Crippen LogP contribution is 2.22. The van der Waals surface area contributed by atoms with E-state index in [4.69, 9.17) is 0 Å². The minimum absolute atomic E-state index is 0.0489. The average Bonchev–Trinajstić information content (AvgIpc) is 2.73. The number of aryl methyl sites for hydroxylation is 1. The zero-order valence-electron chi connectivity index (χ0n) is 16.8. The average molecular weight is 416 g/mol. The van der Waals surface area contributed by atoms with E-state index in [1.807, 2.05) is 37.3 Å². The highest BCUT2D eigenvalue weighted by Gasteiger charge is 2.25. The molecule has 0 unspecified atom stereocenters. The molecule has 0 amide bonds. The van der Waals surface area contributed by atoms with Crippen molar-refractivity contribution in [2.45, 2.75) is 31.2 Å². The molecule has 0 aliphatic heterocycles. The standard InChI is InChI=1S/C21H25N3O4S/c1-4-5-13-24(15-16-9-7-6-8-10-16)29(27,28)17-11-12-19-18(14-17)20(25)23(3)21(26)22(19)2/h6-12,14H,4-5,13,15H2,1-3H3. The zero-order valence-corrected chi connectivity index (χ0v) is 17.6. The third-order valence-electron chi connectivity index (χ3n) is 5.04. The van der Waals surface area contributed by atoms with E-state index in [0.29, 0.717) is 12.1 Å². The summed E-state index contributed by atoms with van der Waals surface area (Å²) in [5.41, 5.74) is 0.335. The van der Waals surface area contributed by atoms with Crippen LogP contribution in [0.15, 0.2) is 63.0 Å². The lowest BCUT2D eigenvalue weighted by Gasteiger charge is -2.22. The second-order valence-corrected chi connectivity index (χ2v) is 9.00. The van der Waals surface area contributed by atoms with Crippen LogP contribution in [0.25, 0.3) is 10.9 Å². The lowest BCUT2D eigenvalue weighted by atomic mass is 10.2. The highest BCUT2D eigenvalue weighted by atomic mass is 32.2. The molecule has 1 aromatic heterocycles. The van der Waals surface area contributed by atoms with Gasteiger partial charge in [0, 0.05) is 27.2 Å². The van der Waals surface area contributed by atoms with Crippen molar-refractivity contribution in [3.63, 3.8) is 0 Å². The van der Waals surface area contributed by atoms with Gasteiger partial charge in [-0.15, -0.1) is 0 Å². The summed E-state index contributed by atoms with van der Waals surface area (Å²) in [5.74, 6) is 0. The maximum atomic E-state index is 13.4. The summed E-state index contributed by atoms with van der Waals surface area (Å²) >= 11 is 0. The number of benzene rings is 2. The molecule has 8 heteroatoms. The SMILES string of the molecule is CCCCN(Cc1ccccc1)S(=O)(=O)c1ccc2c(c1)c(=O)n(C)c(=O)n2C. The summed E-state index contributed by atoms with van der Waals surface area (Å²) in [5, 5.41) is 0.200. The fraction of sp³-hybridized carbons (Fsp3) is 0.333. The Balaban J connectivity index is 2.11. The topological polar surface area (TPSA) is 81.4 Å². The van der Waals surface area contributed by atoms with E-state index in [1.54, 1.807) is 7.05 Å². The molecule has 0 saturated carbocycles. The lowest BCUT2D eigenvalue weighted by molar-refractivity contribution is 0.398. The fourth-order valence-electron chi connectivity index (χ4n) is 3.29. The summed E-state index contributed by atoms with van der Waals surface area (Å²) in [7, 11) is -0.878. The first-order chi connectivity index (χ1) is 13.8. The fourth-order valence-corrected chi connectivity index (χ4v) is 4.78. The number of hydrogen-bond acceptors (Lipinski definition) is 4. The van der Waals surface area contributed by atoms with E-state index in [0.717, 1.165) is 23.0 Å². The van der Waals surface area contributed by atoms with Crippen LogP contribution in [0.2, 0.25) is 0 Å². The number of unbranched alkanes of at least 4 members (excludes halogenated alkanes) is 1. The first kappa shape index (κ1) is 21.0. The Morgan fingerprint density at radius 2 is 1.66 bits per heavy atom. The van der Waals surface area contributed by atoms with Gasteiger partial charge in [-0.3, -0.25) is 13.9 Å². The van der Waals surface area contributed by atoms with Crippen LogP contribution in [0.5, 0.6) is 0 Å². The number of nitrogens with zero attached hydrogens (tertiary/aromatic N) is 3. The first-order valence-corrected chi connectivity index (χ1v) is 10.9. The van der Waals surface area contributed by atoms with Crippen LogP contribution >= 0.6 is 0 Å². The molecular weight excluding hydrogens is 390 g/mol. The van der Waals surface area contributed by atoms with Crippen molar-refractivity contribution in [2.75, 3.05) is 6.54 Å². The van der Waals surface area contributed by atoms with Gasteiger partial charge in [0.2, 0.25) is 10.0 Å². The summed E-state index contributed by atoms with van der Waals surface area (Å²) in [6.45, 7) is 2.65. The molecule has 3 aromatic rings. The van der Waals surface area contributed by atoms with E-state index >= 15 is 0 Å². The molecule has 0 N–H and O–H groups in total. The second kappa shape index (κ2) is 8.34. The Bertz CT molecular complexity index is 1240. The number of hydrogen-bond donors (Lipinski definition) is 0. The highest BCUT2D eigenvalue weighted by molar-refractivity contribution is 7.89. The Hall–Kier alpha value is -2.71. The van der Waals surface area contributed by atoms with Crippen molar-refractivity contribution >= 4 is 20.9 Å². The van der Waals surface area contributed by atoms with E-state index in [9.17, 15) is 18.0 Å². The van der Waals surface area contributed by atoms with Gasteiger partial charge >= 0.3 is 5.69 Å². The van der Waals surface area contributed by atoms with Gasteiger partial charge in [-0.1, -0.05) is 43.7 Å². The van der Waals surface area contributed by atoms with Crippen LogP contribution in [0.4, 0.5) is 0 Å². The third-order valence-corrected chi connectivity index (χ3v) is 6.88. The molecule has 154 valence electrons. The smallest absolute Gasteiger partial charge is 0.296 e. The molecule has 7 nitrogen and oxygen atoms in total. The van der Waals surface area contributed by atoms with E-state index in [-0.39, 0.29) is 16.8 Å². The first-order valence-electron chi connectivity index (χ1n) is 9.51. The summed E-state index contributed by atoms with van der Waals surface area (Å²) in [4.78, 5) is 24.7. The predicted octanol–water partition coefficient (Wildman–Crippen LogP) is 2.23. The van der Waals surface area contributed by atoms with Crippen molar-refractivity contribution in [1.82, 2.24) is 13.4 Å². The van der Waals surface area contributed by atoms with Gasteiger partial charge in [-0.2, -0.15) is 4.31 Å². The minimum Gasteiger partial charge on any atom is -0.296 e. The molecule has 29 heavy (non-hydrogen) atoms. The minimum atomic E-state index is -3.82. The van der Waals surface area contributed by atoms with Crippen LogP contribution in [-0.2, 0) is 30.7 Å². The Morgan fingerprint density at radius 3 is 2.31 bits per heavy atom. The van der Waals surface area contributed by atoms with Crippen LogP contribution in [0.1, 0.15) is 25.3 Å². The van der Waals surface area contributed by atoms with Crippen molar-refractivity contribution in [2.24, 2.45) is 14.1 Å². The molecule has 0 aliphatic carbocycles. The molecule has 0 spiro atoms. The van der Waals surface area contributed by atoms with Crippen molar-refractivity contribution in [1.29, 1.82) is 0 Å². The van der Waals surface area contributed by atoms with Gasteiger partial charge in [0.05, 0.1) is 15.8 Å². The molecule has 1 heterocycles. The predicted molar refractivity (Wildman–Crippen MR) is 113 cm³/mol. The zero-order chi connectivity index (χ0) is 21.2. The third kappa shape index (κ3) is 4.04. The number of aromatic nitrogens is 2. The van der Waals surface area contributed by atoms with Gasteiger partial charge < -0.3 is 0 Å². The number of fused-ring (bicyclic) bond motifs is 1. The van der Waals surface area contributed by atoms with Gasteiger partial charge in [0.25, 0.3) is 5.56 Å². The molecule has 0 atom stereocenters. The quantitative estimate of drug-likeness (QED) is 0.593. The monoisotopic (exact) mass is 415 g/mol. The molecule has 3 rings (SSSR count). The molecule has 0 aliphatic rings. The maximum Gasteiger partial charge on any atom is 0.330 e. The number of rotatable bonds is 7. The van der Waals surface area contributed by atoms with Crippen molar-refractivity contribution < 1.29 is 8.42 Å². The molecule has 0 saturated heterocycles. The largest absolute Gasteiger partial charge is 0.330 e. The second-order valence-electron chi connectivity index (χ2n) is 7.06. The summed E-state index contributed by atoms with van der Waals surface area (Å²) in [6, 6.07) is 13.8. The molecule has 2 aromatic carbocycles. The van der Waals surface area contributed by atoms with E-state index in [2.05, 4.69) is 0 Å². The van der Waals surface area contributed by atoms with E-state index in [1.165, 1.54) is 34.1 Å². The van der Waals surface area contributed by atoms with Crippen LogP contribution in [-0.4, -0.2) is 28.4 Å². The van der Waals surface area contributed by atoms with Gasteiger partial charge in [-0.25, -0.2) is 13.2 Å². The van der Waals surface area contributed by atoms with Crippen LogP contribution < -0.4 is 11.2 Å². The molecule has 0 radical (unpaired) electrons. The Labute approximate surface area is 169 Å². The van der Waals surface area contributed by atoms with Crippen LogP contribution in [0.3, 0.4) is 0 Å². The van der Waals surface area contributed by atoms with Crippen LogP contribution in [0, 0.1) is 0 Å². The van der Waals surface area contributed by atoms with E-state index < -0.39 is 21.3 Å².